The van der Waals surface area contributed by atoms with E-state index in [1.807, 2.05) is 0 Å². The monoisotopic (exact) mass is 84.1 g/mol. The lowest BCUT2D eigenvalue weighted by molar-refractivity contribution is 1.37. The highest BCUT2D eigenvalue weighted by Crippen LogP contribution is 1.73. The van der Waals surface area contributed by atoms with Crippen molar-refractivity contribution >= 4 is 0 Å². The quantitative estimate of drug-likeness (QED) is 0.437. The zero-order chi connectivity index (χ0) is 4.99. The summed E-state index contributed by atoms with van der Waals surface area (Å²) in [5, 5.41) is 0. The van der Waals surface area contributed by atoms with E-state index in [0.29, 0.717) is 5.70 Å². The molecule has 0 fully saturated rings. The summed E-state index contributed by atoms with van der Waals surface area (Å²) < 4.78 is 0. The molecule has 0 unspecified atom stereocenters. The molecule has 0 bridgehead atoms. The van der Waals surface area contributed by atoms with Crippen LogP contribution in [0.15, 0.2) is 24.6 Å². The van der Waals surface area contributed by atoms with Gasteiger partial charge in [0.25, 0.3) is 0 Å². The first kappa shape index (κ1) is 5.08. The standard InChI is InChI=1S/C4H8N2/c1-2-4(6)3-5/h2-3H,1,5-6H2/b4-3-. The fourth-order valence-corrected chi connectivity index (χ4v) is 0.0680. The topological polar surface area (TPSA) is 52.0 Å². The Morgan fingerprint density at radius 2 is 2.17 bits per heavy atom. The first-order chi connectivity index (χ1) is 2.81. The van der Waals surface area contributed by atoms with Crippen LogP contribution < -0.4 is 11.5 Å². The molecule has 0 rings (SSSR count). The number of hydrogen-bond donors (Lipinski definition) is 2. The van der Waals surface area contributed by atoms with Crippen LogP contribution in [0.2, 0.25) is 0 Å². The minimum atomic E-state index is 0.509. The summed E-state index contributed by atoms with van der Waals surface area (Å²) in [6.07, 6.45) is 2.78. The van der Waals surface area contributed by atoms with Gasteiger partial charge in [-0.05, 0) is 6.08 Å². The van der Waals surface area contributed by atoms with Crippen LogP contribution in [0.1, 0.15) is 0 Å². The Hall–Kier alpha value is -0.920. The van der Waals surface area contributed by atoms with Gasteiger partial charge in [0, 0.05) is 11.9 Å². The van der Waals surface area contributed by atoms with Gasteiger partial charge in [0.2, 0.25) is 0 Å². The van der Waals surface area contributed by atoms with Gasteiger partial charge >= 0.3 is 0 Å². The van der Waals surface area contributed by atoms with E-state index in [0.717, 1.165) is 0 Å². The summed E-state index contributed by atoms with van der Waals surface area (Å²) in [5.41, 5.74) is 10.5. The highest BCUT2D eigenvalue weighted by Gasteiger charge is 1.67. The number of nitrogens with two attached hydrogens (primary N) is 2. The maximum absolute atomic E-state index is 5.09. The zero-order valence-corrected chi connectivity index (χ0v) is 3.52. The van der Waals surface area contributed by atoms with Crippen molar-refractivity contribution in [3.8, 4) is 0 Å². The molecular formula is C4H8N2. The summed E-state index contributed by atoms with van der Waals surface area (Å²) in [7, 11) is 0. The maximum atomic E-state index is 5.09. The van der Waals surface area contributed by atoms with E-state index in [9.17, 15) is 0 Å². The summed E-state index contributed by atoms with van der Waals surface area (Å²) in [6.45, 7) is 3.36. The van der Waals surface area contributed by atoms with E-state index in [4.69, 9.17) is 11.5 Å². The summed E-state index contributed by atoms with van der Waals surface area (Å²) >= 11 is 0. The first-order valence-electron chi connectivity index (χ1n) is 1.61. The van der Waals surface area contributed by atoms with E-state index in [2.05, 4.69) is 6.58 Å². The van der Waals surface area contributed by atoms with Crippen molar-refractivity contribution in [3.63, 3.8) is 0 Å². The summed E-state index contributed by atoms with van der Waals surface area (Å²) in [5.74, 6) is 0. The fourth-order valence-electron chi connectivity index (χ4n) is 0.0680. The predicted molar refractivity (Wildman–Crippen MR) is 26.7 cm³/mol. The third-order valence-corrected chi connectivity index (χ3v) is 0.428. The minimum absolute atomic E-state index is 0.509. The van der Waals surface area contributed by atoms with Crippen LogP contribution in [-0.4, -0.2) is 0 Å². The molecule has 0 aliphatic heterocycles. The highest BCUT2D eigenvalue weighted by atomic mass is 14.6. The molecule has 0 atom stereocenters. The van der Waals surface area contributed by atoms with Crippen molar-refractivity contribution < 1.29 is 0 Å². The van der Waals surface area contributed by atoms with Crippen molar-refractivity contribution in [2.24, 2.45) is 11.5 Å². The van der Waals surface area contributed by atoms with Crippen molar-refractivity contribution in [1.29, 1.82) is 0 Å². The number of rotatable bonds is 1. The molecule has 2 heteroatoms. The van der Waals surface area contributed by atoms with Crippen molar-refractivity contribution in [2.45, 2.75) is 0 Å². The Balaban J connectivity index is 3.50. The van der Waals surface area contributed by atoms with Gasteiger partial charge in [0.1, 0.15) is 0 Å². The Labute approximate surface area is 37.1 Å². The third-order valence-electron chi connectivity index (χ3n) is 0.428. The van der Waals surface area contributed by atoms with E-state index in [-0.39, 0.29) is 0 Å². The normalized spacial score (nSPS) is 11.0. The largest absolute Gasteiger partial charge is 0.403 e. The van der Waals surface area contributed by atoms with Crippen LogP contribution in [-0.2, 0) is 0 Å². The van der Waals surface area contributed by atoms with Crippen molar-refractivity contribution in [1.82, 2.24) is 0 Å². The van der Waals surface area contributed by atoms with Crippen molar-refractivity contribution in [2.75, 3.05) is 0 Å². The average molecular weight is 84.1 g/mol. The number of allylic oxidation sites excluding steroid dienone is 1. The molecule has 0 aliphatic rings. The van der Waals surface area contributed by atoms with Gasteiger partial charge in [0.15, 0.2) is 0 Å². The van der Waals surface area contributed by atoms with Crippen LogP contribution in [0, 0.1) is 0 Å². The second kappa shape index (κ2) is 2.33. The van der Waals surface area contributed by atoms with Crippen LogP contribution >= 0.6 is 0 Å². The van der Waals surface area contributed by atoms with Crippen LogP contribution in [0.3, 0.4) is 0 Å². The molecule has 0 amide bonds. The summed E-state index contributed by atoms with van der Waals surface area (Å²) in [4.78, 5) is 0. The van der Waals surface area contributed by atoms with Gasteiger partial charge in [-0.3, -0.25) is 0 Å². The average Bonchev–Trinajstić information content (AvgIpc) is 1.65. The maximum Gasteiger partial charge on any atom is 0.0465 e. The lowest BCUT2D eigenvalue weighted by Crippen LogP contribution is -1.95. The Kier molecular flexibility index (Phi) is 1.97. The van der Waals surface area contributed by atoms with E-state index in [1.165, 1.54) is 12.3 Å². The molecule has 0 aromatic rings. The second-order valence-electron chi connectivity index (χ2n) is 0.871. The van der Waals surface area contributed by atoms with Gasteiger partial charge in [-0.2, -0.15) is 0 Å². The lowest BCUT2D eigenvalue weighted by Gasteiger charge is -1.80. The van der Waals surface area contributed by atoms with Gasteiger partial charge in [-0.25, -0.2) is 0 Å². The zero-order valence-electron chi connectivity index (χ0n) is 3.52. The molecular weight excluding hydrogens is 76.1 g/mol. The fraction of sp³-hybridized carbons (Fsp3) is 0. The SMILES string of the molecule is C=C/C(N)=C/N. The van der Waals surface area contributed by atoms with Gasteiger partial charge in [0.05, 0.1) is 0 Å². The highest BCUT2D eigenvalue weighted by molar-refractivity contribution is 5.08. The van der Waals surface area contributed by atoms with Crippen LogP contribution in [0.5, 0.6) is 0 Å². The molecule has 0 radical (unpaired) electrons. The Morgan fingerprint density at radius 3 is 2.17 bits per heavy atom. The lowest BCUT2D eigenvalue weighted by atomic mass is 10.5. The molecule has 0 aromatic carbocycles. The molecule has 4 N–H and O–H groups in total. The van der Waals surface area contributed by atoms with E-state index in [1.54, 1.807) is 0 Å². The molecule has 2 nitrogen and oxygen atoms in total. The molecule has 0 heterocycles. The van der Waals surface area contributed by atoms with Gasteiger partial charge in [-0.15, -0.1) is 0 Å². The predicted octanol–water partition coefficient (Wildman–Crippen LogP) is -0.0688. The first-order valence-corrected chi connectivity index (χ1v) is 1.61. The van der Waals surface area contributed by atoms with E-state index >= 15 is 0 Å². The second-order valence-corrected chi connectivity index (χ2v) is 0.871. The smallest absolute Gasteiger partial charge is 0.0465 e. The molecule has 0 aromatic heterocycles. The molecule has 0 saturated carbocycles. The summed E-state index contributed by atoms with van der Waals surface area (Å²) in [6, 6.07) is 0. The Bertz CT molecular complexity index is 73.6. The van der Waals surface area contributed by atoms with Gasteiger partial charge in [-0.1, -0.05) is 6.58 Å². The number of hydrogen-bond acceptors (Lipinski definition) is 2. The third kappa shape index (κ3) is 1.40. The van der Waals surface area contributed by atoms with E-state index < -0.39 is 0 Å². The molecule has 0 spiro atoms. The molecule has 0 aliphatic carbocycles. The van der Waals surface area contributed by atoms with Crippen LogP contribution in [0.25, 0.3) is 0 Å². The molecule has 6 heavy (non-hydrogen) atoms. The molecule has 34 valence electrons. The van der Waals surface area contributed by atoms with Crippen molar-refractivity contribution in [3.05, 3.63) is 24.6 Å². The van der Waals surface area contributed by atoms with Crippen LogP contribution in [0.4, 0.5) is 0 Å². The Morgan fingerprint density at radius 1 is 1.67 bits per heavy atom. The molecule has 0 saturated heterocycles. The van der Waals surface area contributed by atoms with Gasteiger partial charge < -0.3 is 11.5 Å². The minimum Gasteiger partial charge on any atom is -0.403 e.